The number of pyridine rings is 1. The van der Waals surface area contributed by atoms with Crippen LogP contribution >= 0.6 is 0 Å². The fraction of sp³-hybridized carbons (Fsp3) is 0.0769. The molecular formula is C13H12N2O3. The quantitative estimate of drug-likeness (QED) is 0.753. The monoisotopic (exact) mass is 244 g/mol. The molecule has 1 aromatic heterocycles. The van der Waals surface area contributed by atoms with E-state index >= 15 is 0 Å². The Kier molecular flexibility index (Phi) is 3.43. The smallest absolute Gasteiger partial charge is 0.268 e. The van der Waals surface area contributed by atoms with Gasteiger partial charge in [0.05, 0.1) is 0 Å². The average molecular weight is 244 g/mol. The van der Waals surface area contributed by atoms with Gasteiger partial charge in [0.1, 0.15) is 11.4 Å². The fourth-order valence-corrected chi connectivity index (χ4v) is 1.52. The Morgan fingerprint density at radius 1 is 1.22 bits per heavy atom. The van der Waals surface area contributed by atoms with Gasteiger partial charge in [-0.2, -0.15) is 0 Å². The van der Waals surface area contributed by atoms with Crippen molar-refractivity contribution in [3.8, 4) is 5.75 Å². The number of aromatic hydroxyl groups is 1. The van der Waals surface area contributed by atoms with Crippen LogP contribution in [0, 0.1) is 0 Å². The number of amides is 1. The summed E-state index contributed by atoms with van der Waals surface area (Å²) in [6.07, 6.45) is 0. The Balaban J connectivity index is 2.03. The molecule has 2 rings (SSSR count). The van der Waals surface area contributed by atoms with E-state index in [0.717, 1.165) is 5.56 Å². The molecule has 0 fully saturated rings. The number of H-pyrrole nitrogens is 1. The molecule has 5 nitrogen and oxygen atoms in total. The first-order valence-corrected chi connectivity index (χ1v) is 5.40. The summed E-state index contributed by atoms with van der Waals surface area (Å²) in [6.45, 7) is 0.282. The molecule has 0 atom stereocenters. The van der Waals surface area contributed by atoms with E-state index < -0.39 is 0 Å². The maximum Gasteiger partial charge on any atom is 0.268 e. The number of phenolic OH excluding ortho intramolecular Hbond substituents is 1. The third-order valence-electron chi connectivity index (χ3n) is 2.38. The molecule has 3 N–H and O–H groups in total. The van der Waals surface area contributed by atoms with Gasteiger partial charge in [-0.15, -0.1) is 0 Å². The van der Waals surface area contributed by atoms with Crippen LogP contribution in [0.4, 0.5) is 0 Å². The Hall–Kier alpha value is -2.56. The molecule has 2 aromatic rings. The molecule has 0 bridgehead atoms. The van der Waals surface area contributed by atoms with Crippen molar-refractivity contribution in [2.24, 2.45) is 0 Å². The standard InChI is InChI=1S/C13H12N2O3/c16-10-4-1-3-9(7-10)8-14-13(18)11-5-2-6-12(17)15-11/h1-7,16H,8H2,(H,14,18)(H,15,17). The van der Waals surface area contributed by atoms with E-state index in [1.165, 1.54) is 18.2 Å². The number of nitrogens with one attached hydrogen (secondary N) is 2. The van der Waals surface area contributed by atoms with Crippen molar-refractivity contribution in [3.05, 3.63) is 64.1 Å². The number of aromatic amines is 1. The van der Waals surface area contributed by atoms with Gasteiger partial charge in [-0.05, 0) is 23.8 Å². The van der Waals surface area contributed by atoms with E-state index in [9.17, 15) is 14.7 Å². The van der Waals surface area contributed by atoms with E-state index in [-0.39, 0.29) is 29.5 Å². The van der Waals surface area contributed by atoms with Crippen LogP contribution in [0.3, 0.4) is 0 Å². The Morgan fingerprint density at radius 3 is 2.72 bits per heavy atom. The molecule has 0 saturated carbocycles. The zero-order valence-corrected chi connectivity index (χ0v) is 9.51. The third kappa shape index (κ3) is 2.98. The van der Waals surface area contributed by atoms with Gasteiger partial charge in [0.15, 0.2) is 0 Å². The van der Waals surface area contributed by atoms with Crippen LogP contribution in [0.15, 0.2) is 47.3 Å². The number of aromatic nitrogens is 1. The first kappa shape index (κ1) is 11.9. The van der Waals surface area contributed by atoms with E-state index in [1.54, 1.807) is 24.3 Å². The molecular weight excluding hydrogens is 232 g/mol. The molecule has 1 aromatic carbocycles. The Labute approximate surface area is 103 Å². The van der Waals surface area contributed by atoms with E-state index in [1.807, 2.05) is 0 Å². The van der Waals surface area contributed by atoms with E-state index in [2.05, 4.69) is 10.3 Å². The van der Waals surface area contributed by atoms with Crippen molar-refractivity contribution in [2.45, 2.75) is 6.54 Å². The lowest BCUT2D eigenvalue weighted by Crippen LogP contribution is -2.25. The molecule has 0 radical (unpaired) electrons. The fourth-order valence-electron chi connectivity index (χ4n) is 1.52. The number of carbonyl (C=O) groups is 1. The molecule has 0 saturated heterocycles. The van der Waals surface area contributed by atoms with Gasteiger partial charge in [-0.1, -0.05) is 18.2 Å². The van der Waals surface area contributed by atoms with Crippen molar-refractivity contribution in [1.29, 1.82) is 0 Å². The van der Waals surface area contributed by atoms with Crippen LogP contribution in [0.1, 0.15) is 16.1 Å². The average Bonchev–Trinajstić information content (AvgIpc) is 2.36. The zero-order valence-electron chi connectivity index (χ0n) is 9.51. The predicted molar refractivity (Wildman–Crippen MR) is 66.3 cm³/mol. The zero-order chi connectivity index (χ0) is 13.0. The summed E-state index contributed by atoms with van der Waals surface area (Å²) in [5, 5.41) is 11.9. The summed E-state index contributed by atoms with van der Waals surface area (Å²) >= 11 is 0. The van der Waals surface area contributed by atoms with Crippen molar-refractivity contribution in [2.75, 3.05) is 0 Å². The molecule has 0 aliphatic heterocycles. The Bertz CT molecular complexity index is 619. The highest BCUT2D eigenvalue weighted by Gasteiger charge is 2.05. The minimum atomic E-state index is -0.365. The Morgan fingerprint density at radius 2 is 2.00 bits per heavy atom. The number of hydrogen-bond donors (Lipinski definition) is 3. The summed E-state index contributed by atoms with van der Waals surface area (Å²) in [7, 11) is 0. The van der Waals surface area contributed by atoms with E-state index in [4.69, 9.17) is 0 Å². The van der Waals surface area contributed by atoms with Crippen LogP contribution in [0.2, 0.25) is 0 Å². The summed E-state index contributed by atoms with van der Waals surface area (Å²) in [4.78, 5) is 25.2. The van der Waals surface area contributed by atoms with E-state index in [0.29, 0.717) is 0 Å². The number of carbonyl (C=O) groups excluding carboxylic acids is 1. The summed E-state index contributed by atoms with van der Waals surface area (Å²) in [5.41, 5.74) is 0.671. The second-order valence-corrected chi connectivity index (χ2v) is 3.78. The summed E-state index contributed by atoms with van der Waals surface area (Å²) in [5.74, 6) is -0.217. The number of benzene rings is 1. The molecule has 0 aliphatic rings. The molecule has 0 spiro atoms. The lowest BCUT2D eigenvalue weighted by atomic mass is 10.2. The second-order valence-electron chi connectivity index (χ2n) is 3.78. The van der Waals surface area contributed by atoms with Crippen molar-refractivity contribution >= 4 is 5.91 Å². The predicted octanol–water partition coefficient (Wildman–Crippen LogP) is 1.01. The minimum Gasteiger partial charge on any atom is -0.508 e. The maximum atomic E-state index is 11.7. The minimum absolute atomic E-state index is 0.148. The lowest BCUT2D eigenvalue weighted by Gasteiger charge is -2.05. The first-order valence-electron chi connectivity index (χ1n) is 5.40. The number of rotatable bonds is 3. The normalized spacial score (nSPS) is 10.0. The first-order chi connectivity index (χ1) is 8.65. The van der Waals surface area contributed by atoms with Gasteiger partial charge >= 0.3 is 0 Å². The highest BCUT2D eigenvalue weighted by atomic mass is 16.3. The maximum absolute atomic E-state index is 11.7. The highest BCUT2D eigenvalue weighted by Crippen LogP contribution is 2.10. The van der Waals surface area contributed by atoms with Crippen molar-refractivity contribution in [1.82, 2.24) is 10.3 Å². The van der Waals surface area contributed by atoms with Crippen LogP contribution in [-0.4, -0.2) is 16.0 Å². The topological polar surface area (TPSA) is 82.2 Å². The van der Waals surface area contributed by atoms with Gasteiger partial charge in [-0.25, -0.2) is 0 Å². The lowest BCUT2D eigenvalue weighted by molar-refractivity contribution is 0.0945. The van der Waals surface area contributed by atoms with Crippen LogP contribution < -0.4 is 10.9 Å². The van der Waals surface area contributed by atoms with Crippen LogP contribution in [-0.2, 0) is 6.54 Å². The van der Waals surface area contributed by atoms with Gasteiger partial charge in [0.2, 0.25) is 5.56 Å². The molecule has 1 heterocycles. The summed E-state index contributed by atoms with van der Waals surface area (Å²) in [6, 6.07) is 11.0. The van der Waals surface area contributed by atoms with Crippen molar-refractivity contribution < 1.29 is 9.90 Å². The number of hydrogen-bond acceptors (Lipinski definition) is 3. The van der Waals surface area contributed by atoms with Gasteiger partial charge in [0.25, 0.3) is 5.91 Å². The third-order valence-corrected chi connectivity index (χ3v) is 2.38. The number of phenols is 1. The summed E-state index contributed by atoms with van der Waals surface area (Å²) < 4.78 is 0. The highest BCUT2D eigenvalue weighted by molar-refractivity contribution is 5.92. The molecule has 92 valence electrons. The van der Waals surface area contributed by atoms with Gasteiger partial charge in [0, 0.05) is 12.6 Å². The van der Waals surface area contributed by atoms with Gasteiger partial charge in [-0.3, -0.25) is 9.59 Å². The van der Waals surface area contributed by atoms with Gasteiger partial charge < -0.3 is 15.4 Å². The molecule has 5 heteroatoms. The molecule has 0 aliphatic carbocycles. The van der Waals surface area contributed by atoms with Crippen molar-refractivity contribution in [3.63, 3.8) is 0 Å². The molecule has 18 heavy (non-hydrogen) atoms. The SMILES string of the molecule is O=C(NCc1cccc(O)c1)c1cccc(=O)[nH]1. The molecule has 0 unspecified atom stereocenters. The largest absolute Gasteiger partial charge is 0.508 e. The van der Waals surface area contributed by atoms with Crippen LogP contribution in [0.25, 0.3) is 0 Å². The second kappa shape index (κ2) is 5.18. The van der Waals surface area contributed by atoms with Crippen LogP contribution in [0.5, 0.6) is 5.75 Å². The molecule has 1 amide bonds.